The molecule has 1 saturated heterocycles. The molecule has 2 atom stereocenters. The Morgan fingerprint density at radius 2 is 1.96 bits per heavy atom. The van der Waals surface area contributed by atoms with Crippen LogP contribution in [0.3, 0.4) is 0 Å². The smallest absolute Gasteiger partial charge is 0.376 e. The van der Waals surface area contributed by atoms with E-state index in [0.717, 1.165) is 37.4 Å². The number of carbonyl (C=O) groups is 1. The number of benzene rings is 1. The average Bonchev–Trinajstić information content (AvgIpc) is 3.31. The number of amides is 1. The molecule has 0 bridgehead atoms. The first-order valence-corrected chi connectivity index (χ1v) is 8.76. The molecule has 2 N–H and O–H groups in total. The minimum atomic E-state index is -0.392. The minimum Gasteiger partial charge on any atom is -0.437 e. The Hall–Kier alpha value is -1.04. The van der Waals surface area contributed by atoms with Gasteiger partial charge in [-0.05, 0) is 62.8 Å². The van der Waals surface area contributed by atoms with Gasteiger partial charge < -0.3 is 15.2 Å². The highest BCUT2D eigenvalue weighted by Gasteiger charge is 2.62. The second-order valence-corrected chi connectivity index (χ2v) is 7.30. The molecule has 23 heavy (non-hydrogen) atoms. The van der Waals surface area contributed by atoms with Crippen LogP contribution in [-0.2, 0) is 10.2 Å². The van der Waals surface area contributed by atoms with Crippen LogP contribution in [0.2, 0.25) is 11.8 Å². The van der Waals surface area contributed by atoms with Crippen molar-refractivity contribution in [3.8, 4) is 0 Å². The van der Waals surface area contributed by atoms with E-state index < -0.39 is 7.05 Å². The van der Waals surface area contributed by atoms with Crippen LogP contribution in [-0.4, -0.2) is 42.9 Å². The summed E-state index contributed by atoms with van der Waals surface area (Å²) >= 11 is 6.03. The van der Waals surface area contributed by atoms with E-state index in [2.05, 4.69) is 22.3 Å². The Bertz CT molecular complexity index is 572. The van der Waals surface area contributed by atoms with Crippen molar-refractivity contribution < 1.29 is 9.82 Å². The summed E-state index contributed by atoms with van der Waals surface area (Å²) < 4.78 is 0. The molecule has 1 aliphatic carbocycles. The third-order valence-electron chi connectivity index (χ3n) is 5.73. The van der Waals surface area contributed by atoms with E-state index in [4.69, 9.17) is 11.6 Å². The summed E-state index contributed by atoms with van der Waals surface area (Å²) in [6.45, 7) is 3.59. The van der Waals surface area contributed by atoms with Gasteiger partial charge in [0, 0.05) is 23.4 Å². The number of carbonyl (C=O) groups excluding carboxylic acids is 1. The monoisotopic (exact) mass is 334 g/mol. The molecule has 1 amide bonds. The first-order valence-electron chi connectivity index (χ1n) is 8.39. The van der Waals surface area contributed by atoms with Crippen LogP contribution in [0.5, 0.6) is 0 Å². The second kappa shape index (κ2) is 6.46. The zero-order chi connectivity index (χ0) is 16.6. The lowest BCUT2D eigenvalue weighted by Crippen LogP contribution is -2.45. The topological polar surface area (TPSA) is 52.6 Å². The summed E-state index contributed by atoms with van der Waals surface area (Å²) in [6.07, 6.45) is 2.94. The second-order valence-electron chi connectivity index (χ2n) is 6.86. The van der Waals surface area contributed by atoms with Gasteiger partial charge in [0.2, 0.25) is 5.91 Å². The van der Waals surface area contributed by atoms with E-state index in [-0.39, 0.29) is 17.2 Å². The van der Waals surface area contributed by atoms with Crippen LogP contribution in [0.4, 0.5) is 0 Å². The van der Waals surface area contributed by atoms with Gasteiger partial charge in [-0.15, -0.1) is 0 Å². The maximum Gasteiger partial charge on any atom is 0.376 e. The van der Waals surface area contributed by atoms with Gasteiger partial charge in [0.25, 0.3) is 0 Å². The molecule has 1 heterocycles. The number of piperidine rings is 1. The highest BCUT2D eigenvalue weighted by atomic mass is 35.5. The lowest BCUT2D eigenvalue weighted by molar-refractivity contribution is -0.122. The van der Waals surface area contributed by atoms with Crippen molar-refractivity contribution in [3.63, 3.8) is 0 Å². The molecule has 0 spiro atoms. The molecule has 124 valence electrons. The number of rotatable bonds is 4. The summed E-state index contributed by atoms with van der Waals surface area (Å²) in [4.78, 5) is 14.4. The Morgan fingerprint density at radius 3 is 2.48 bits per heavy atom. The Balaban J connectivity index is 1.84. The molecule has 1 aromatic rings. The van der Waals surface area contributed by atoms with Crippen molar-refractivity contribution in [3.05, 3.63) is 34.9 Å². The van der Waals surface area contributed by atoms with E-state index in [1.54, 1.807) is 7.05 Å². The van der Waals surface area contributed by atoms with Gasteiger partial charge in [-0.3, -0.25) is 4.79 Å². The maximum absolute atomic E-state index is 12.3. The van der Waals surface area contributed by atoms with E-state index in [1.807, 2.05) is 19.0 Å². The third-order valence-corrected chi connectivity index (χ3v) is 5.99. The van der Waals surface area contributed by atoms with Crippen molar-refractivity contribution in [2.24, 2.45) is 11.8 Å². The van der Waals surface area contributed by atoms with Crippen LogP contribution in [0.25, 0.3) is 0 Å². The van der Waals surface area contributed by atoms with Crippen LogP contribution >= 0.6 is 11.6 Å². The Morgan fingerprint density at radius 1 is 1.35 bits per heavy atom. The number of nitrogens with one attached hydrogen (secondary N) is 1. The molecule has 6 heteroatoms. The summed E-state index contributed by atoms with van der Waals surface area (Å²) in [7, 11) is 1.32. The van der Waals surface area contributed by atoms with Crippen molar-refractivity contribution in [1.29, 1.82) is 0 Å². The quantitative estimate of drug-likeness (QED) is 0.830. The fourth-order valence-electron chi connectivity index (χ4n) is 4.33. The van der Waals surface area contributed by atoms with E-state index >= 15 is 0 Å². The molecule has 0 unspecified atom stereocenters. The molecule has 0 aromatic heterocycles. The predicted molar refractivity (Wildman–Crippen MR) is 93.4 cm³/mol. The fourth-order valence-corrected chi connectivity index (χ4v) is 4.46. The zero-order valence-electron chi connectivity index (χ0n) is 13.8. The minimum absolute atomic E-state index is 0.0526. The number of halogens is 1. The SMILES string of the molecule is CNC(=O)[C@H]1C[C@]1(c1ccc(Cl)cc1)C1CCN(B(C)O)CC1. The van der Waals surface area contributed by atoms with Gasteiger partial charge in [-0.25, -0.2) is 0 Å². The predicted octanol–water partition coefficient (Wildman–Crippen LogP) is 2.17. The molecule has 0 radical (unpaired) electrons. The van der Waals surface area contributed by atoms with E-state index in [0.29, 0.717) is 5.92 Å². The van der Waals surface area contributed by atoms with Crippen molar-refractivity contribution in [2.75, 3.05) is 20.1 Å². The first-order chi connectivity index (χ1) is 11.0. The highest BCUT2D eigenvalue weighted by Crippen LogP contribution is 2.61. The molecule has 1 aromatic carbocycles. The van der Waals surface area contributed by atoms with E-state index in [9.17, 15) is 9.82 Å². The average molecular weight is 335 g/mol. The molecule has 3 rings (SSSR count). The van der Waals surface area contributed by atoms with Crippen molar-refractivity contribution in [2.45, 2.75) is 31.5 Å². The van der Waals surface area contributed by atoms with E-state index in [1.165, 1.54) is 5.56 Å². The zero-order valence-corrected chi connectivity index (χ0v) is 14.5. The molecule has 1 saturated carbocycles. The van der Waals surface area contributed by atoms with Crippen molar-refractivity contribution in [1.82, 2.24) is 10.1 Å². The fraction of sp³-hybridized carbons (Fsp3) is 0.588. The largest absolute Gasteiger partial charge is 0.437 e. The summed E-state index contributed by atoms with van der Waals surface area (Å²) in [5.74, 6) is 0.663. The molecule has 2 fully saturated rings. The summed E-state index contributed by atoms with van der Waals surface area (Å²) in [6, 6.07) is 7.99. The normalized spacial score (nSPS) is 28.4. The molecule has 2 aliphatic rings. The van der Waals surface area contributed by atoms with Gasteiger partial charge in [0.15, 0.2) is 0 Å². The molecule has 1 aliphatic heterocycles. The third kappa shape index (κ3) is 3.02. The first kappa shape index (κ1) is 16.8. The Kier molecular flexibility index (Phi) is 4.72. The van der Waals surface area contributed by atoms with Crippen LogP contribution in [0.15, 0.2) is 24.3 Å². The molecular weight excluding hydrogens is 310 g/mol. The van der Waals surface area contributed by atoms with Crippen LogP contribution in [0.1, 0.15) is 24.8 Å². The number of nitrogens with zero attached hydrogens (tertiary/aromatic N) is 1. The standard InChI is InChI=1S/C17H24BClN2O2/c1-18(23)21-9-7-13(8-10-21)17(11-15(17)16(22)20-2)12-3-5-14(19)6-4-12/h3-6,13,15,23H,7-11H2,1-2H3,(H,20,22)/t15-,17+/m1/s1. The highest BCUT2D eigenvalue weighted by molar-refractivity contribution is 6.45. The van der Waals surface area contributed by atoms with Gasteiger partial charge in [-0.1, -0.05) is 23.7 Å². The Labute approximate surface area is 143 Å². The summed E-state index contributed by atoms with van der Waals surface area (Å²) in [5, 5.41) is 13.3. The van der Waals surface area contributed by atoms with Crippen molar-refractivity contribution >= 4 is 24.6 Å². The van der Waals surface area contributed by atoms with Crippen LogP contribution < -0.4 is 5.32 Å². The summed E-state index contributed by atoms with van der Waals surface area (Å²) in [5.41, 5.74) is 1.17. The lowest BCUT2D eigenvalue weighted by atomic mass is 9.72. The van der Waals surface area contributed by atoms with Gasteiger partial charge >= 0.3 is 7.05 Å². The van der Waals surface area contributed by atoms with Gasteiger partial charge in [0.1, 0.15) is 0 Å². The maximum atomic E-state index is 12.3. The number of hydrogen-bond acceptors (Lipinski definition) is 3. The number of hydrogen-bond donors (Lipinski definition) is 2. The molecular formula is C17H24BClN2O2. The lowest BCUT2D eigenvalue weighted by Gasteiger charge is -2.37. The van der Waals surface area contributed by atoms with Gasteiger partial charge in [0.05, 0.1) is 0 Å². The van der Waals surface area contributed by atoms with Crippen LogP contribution in [0, 0.1) is 11.8 Å². The van der Waals surface area contributed by atoms with Gasteiger partial charge in [-0.2, -0.15) is 0 Å². The molecule has 4 nitrogen and oxygen atoms in total.